The van der Waals surface area contributed by atoms with Crippen molar-refractivity contribution < 1.29 is 4.52 Å². The number of rotatable bonds is 4. The highest BCUT2D eigenvalue weighted by molar-refractivity contribution is 5.42. The predicted octanol–water partition coefficient (Wildman–Crippen LogP) is 2.11. The van der Waals surface area contributed by atoms with Crippen LogP contribution in [0.2, 0.25) is 0 Å². The maximum Gasteiger partial charge on any atom is 0.238 e. The summed E-state index contributed by atoms with van der Waals surface area (Å²) >= 11 is 0. The van der Waals surface area contributed by atoms with Crippen molar-refractivity contribution in [3.05, 3.63) is 18.3 Å². The van der Waals surface area contributed by atoms with Crippen LogP contribution in [-0.4, -0.2) is 32.3 Å². The Balaban J connectivity index is 1.83. The molecule has 1 N–H and O–H groups in total. The average Bonchev–Trinajstić information content (AvgIpc) is 3.08. The number of aromatic nitrogens is 4. The van der Waals surface area contributed by atoms with E-state index in [0.29, 0.717) is 17.8 Å². The van der Waals surface area contributed by atoms with E-state index in [0.717, 1.165) is 24.7 Å². The molecule has 20 heavy (non-hydrogen) atoms. The van der Waals surface area contributed by atoms with E-state index in [-0.39, 0.29) is 0 Å². The van der Waals surface area contributed by atoms with Crippen molar-refractivity contribution in [2.45, 2.75) is 44.6 Å². The first-order valence-corrected chi connectivity index (χ1v) is 7.34. The molecule has 2 unspecified atom stereocenters. The molecule has 2 heterocycles. The zero-order chi connectivity index (χ0) is 13.9. The van der Waals surface area contributed by atoms with E-state index in [2.05, 4.69) is 27.4 Å². The Morgan fingerprint density at radius 2 is 2.25 bits per heavy atom. The summed E-state index contributed by atoms with van der Waals surface area (Å²) in [7, 11) is 1.93. The number of nitrogens with zero attached hydrogens (tertiary/aromatic N) is 4. The third-order valence-electron chi connectivity index (χ3n) is 4.01. The van der Waals surface area contributed by atoms with Crippen LogP contribution in [0.4, 0.5) is 0 Å². The van der Waals surface area contributed by atoms with Gasteiger partial charge in [-0.1, -0.05) is 24.9 Å². The smallest absolute Gasteiger partial charge is 0.238 e. The van der Waals surface area contributed by atoms with E-state index in [1.165, 1.54) is 19.3 Å². The fourth-order valence-corrected chi connectivity index (χ4v) is 2.99. The Hall–Kier alpha value is -1.69. The van der Waals surface area contributed by atoms with Gasteiger partial charge in [0, 0.05) is 25.5 Å². The van der Waals surface area contributed by atoms with Gasteiger partial charge in [-0.2, -0.15) is 4.98 Å². The molecule has 0 amide bonds. The third kappa shape index (κ3) is 2.47. The lowest BCUT2D eigenvalue weighted by atomic mass is 9.84. The van der Waals surface area contributed by atoms with Gasteiger partial charge in [-0.25, -0.2) is 4.98 Å². The molecule has 0 saturated heterocycles. The summed E-state index contributed by atoms with van der Waals surface area (Å²) in [6.45, 7) is 3.11. The normalized spacial score (nSPS) is 23.1. The Labute approximate surface area is 118 Å². The van der Waals surface area contributed by atoms with Gasteiger partial charge in [-0.15, -0.1) is 0 Å². The molecule has 1 fully saturated rings. The molecule has 1 saturated carbocycles. The summed E-state index contributed by atoms with van der Waals surface area (Å²) in [5.74, 6) is 2.39. The van der Waals surface area contributed by atoms with E-state index in [4.69, 9.17) is 4.52 Å². The molecule has 2 atom stereocenters. The number of hydrogen-bond acceptors (Lipinski definition) is 5. The summed E-state index contributed by atoms with van der Waals surface area (Å²) < 4.78 is 7.41. The topological polar surface area (TPSA) is 68.8 Å². The fourth-order valence-electron chi connectivity index (χ4n) is 2.99. The lowest BCUT2D eigenvalue weighted by Crippen LogP contribution is -2.37. The van der Waals surface area contributed by atoms with Crippen LogP contribution in [0.25, 0.3) is 11.6 Å². The summed E-state index contributed by atoms with van der Waals surface area (Å²) in [5, 5.41) is 7.63. The lowest BCUT2D eigenvalue weighted by Gasteiger charge is -2.29. The van der Waals surface area contributed by atoms with Crippen molar-refractivity contribution >= 4 is 0 Å². The molecule has 0 aromatic carbocycles. The molecule has 0 spiro atoms. The SMILES string of the molecule is CCNC1CCCCC1c1nc(-c2nccn2C)no1. The van der Waals surface area contributed by atoms with Crippen LogP contribution in [0.5, 0.6) is 0 Å². The zero-order valence-corrected chi connectivity index (χ0v) is 12.0. The monoisotopic (exact) mass is 275 g/mol. The molecular weight excluding hydrogens is 254 g/mol. The van der Waals surface area contributed by atoms with Gasteiger partial charge in [-0.05, 0) is 19.4 Å². The van der Waals surface area contributed by atoms with Crippen molar-refractivity contribution in [3.63, 3.8) is 0 Å². The number of hydrogen-bond donors (Lipinski definition) is 1. The average molecular weight is 275 g/mol. The van der Waals surface area contributed by atoms with Crippen LogP contribution in [0, 0.1) is 0 Å². The molecule has 3 rings (SSSR count). The molecule has 0 aliphatic heterocycles. The Morgan fingerprint density at radius 3 is 3.00 bits per heavy atom. The number of nitrogens with one attached hydrogen (secondary N) is 1. The number of imidazole rings is 1. The van der Waals surface area contributed by atoms with Crippen LogP contribution < -0.4 is 5.32 Å². The molecule has 0 bridgehead atoms. The first-order valence-electron chi connectivity index (χ1n) is 7.34. The summed E-state index contributed by atoms with van der Waals surface area (Å²) in [6, 6.07) is 0.448. The second-order valence-corrected chi connectivity index (χ2v) is 5.37. The van der Waals surface area contributed by atoms with Gasteiger partial charge in [0.15, 0.2) is 5.82 Å². The van der Waals surface area contributed by atoms with Crippen molar-refractivity contribution in [2.24, 2.45) is 7.05 Å². The van der Waals surface area contributed by atoms with Crippen molar-refractivity contribution in [3.8, 4) is 11.6 Å². The van der Waals surface area contributed by atoms with Gasteiger partial charge < -0.3 is 14.4 Å². The first kappa shape index (κ1) is 13.3. The molecule has 6 nitrogen and oxygen atoms in total. The molecule has 0 radical (unpaired) electrons. The second kappa shape index (κ2) is 5.75. The molecule has 108 valence electrons. The summed E-state index contributed by atoms with van der Waals surface area (Å²) in [6.07, 6.45) is 8.42. The molecule has 6 heteroatoms. The minimum atomic E-state index is 0.324. The van der Waals surface area contributed by atoms with Crippen LogP contribution in [0.1, 0.15) is 44.4 Å². The van der Waals surface area contributed by atoms with Gasteiger partial charge >= 0.3 is 0 Å². The minimum Gasteiger partial charge on any atom is -0.338 e. The van der Waals surface area contributed by atoms with Crippen molar-refractivity contribution in [1.29, 1.82) is 0 Å². The van der Waals surface area contributed by atoms with Crippen LogP contribution >= 0.6 is 0 Å². The van der Waals surface area contributed by atoms with E-state index < -0.39 is 0 Å². The largest absolute Gasteiger partial charge is 0.338 e. The number of aryl methyl sites for hydroxylation is 1. The summed E-state index contributed by atoms with van der Waals surface area (Å²) in [4.78, 5) is 8.83. The van der Waals surface area contributed by atoms with Gasteiger partial charge in [0.1, 0.15) is 0 Å². The maximum atomic E-state index is 5.51. The highest BCUT2D eigenvalue weighted by Gasteiger charge is 2.30. The molecule has 1 aliphatic carbocycles. The van der Waals surface area contributed by atoms with E-state index in [1.54, 1.807) is 6.20 Å². The van der Waals surface area contributed by atoms with Gasteiger partial charge in [0.25, 0.3) is 0 Å². The Kier molecular flexibility index (Phi) is 3.82. The summed E-state index contributed by atoms with van der Waals surface area (Å²) in [5.41, 5.74) is 0. The quantitative estimate of drug-likeness (QED) is 0.925. The Bertz CT molecular complexity index is 559. The van der Waals surface area contributed by atoms with Crippen molar-refractivity contribution in [2.75, 3.05) is 6.54 Å². The number of likely N-dealkylation sites (N-methyl/N-ethyl adjacent to an activating group) is 1. The highest BCUT2D eigenvalue weighted by Crippen LogP contribution is 2.32. The van der Waals surface area contributed by atoms with Crippen LogP contribution in [-0.2, 0) is 7.05 Å². The Morgan fingerprint density at radius 1 is 1.40 bits per heavy atom. The highest BCUT2D eigenvalue weighted by atomic mass is 16.5. The van der Waals surface area contributed by atoms with Gasteiger partial charge in [0.05, 0.1) is 5.92 Å². The van der Waals surface area contributed by atoms with E-state index >= 15 is 0 Å². The van der Waals surface area contributed by atoms with Gasteiger partial charge in [-0.3, -0.25) is 0 Å². The standard InChI is InChI=1S/C14H21N5O/c1-3-15-11-7-5-4-6-10(11)14-17-12(18-20-14)13-16-8-9-19(13)2/h8-11,15H,3-7H2,1-2H3. The second-order valence-electron chi connectivity index (χ2n) is 5.37. The molecule has 2 aromatic rings. The van der Waals surface area contributed by atoms with Crippen LogP contribution in [0.3, 0.4) is 0 Å². The van der Waals surface area contributed by atoms with E-state index in [1.807, 2.05) is 17.8 Å². The minimum absolute atomic E-state index is 0.324. The third-order valence-corrected chi connectivity index (χ3v) is 4.01. The van der Waals surface area contributed by atoms with Crippen LogP contribution in [0.15, 0.2) is 16.9 Å². The first-order chi connectivity index (χ1) is 9.79. The zero-order valence-electron chi connectivity index (χ0n) is 12.0. The fraction of sp³-hybridized carbons (Fsp3) is 0.643. The maximum absolute atomic E-state index is 5.51. The lowest BCUT2D eigenvalue weighted by molar-refractivity contribution is 0.265. The van der Waals surface area contributed by atoms with Gasteiger partial charge in [0.2, 0.25) is 11.7 Å². The molecular formula is C14H21N5O. The molecule has 2 aromatic heterocycles. The molecule has 1 aliphatic rings. The van der Waals surface area contributed by atoms with E-state index in [9.17, 15) is 0 Å². The van der Waals surface area contributed by atoms with Crippen molar-refractivity contribution in [1.82, 2.24) is 25.0 Å². The predicted molar refractivity (Wildman–Crippen MR) is 75.2 cm³/mol.